The van der Waals surface area contributed by atoms with Crippen LogP contribution in [0.15, 0.2) is 41.4 Å². The van der Waals surface area contributed by atoms with Crippen molar-refractivity contribution in [2.45, 2.75) is 18.9 Å². The first-order valence-electron chi connectivity index (χ1n) is 11.3. The van der Waals surface area contributed by atoms with Gasteiger partial charge in [0.15, 0.2) is 5.96 Å². The monoisotopic (exact) mass is 414 g/mol. The molecule has 0 aromatic heterocycles. The Morgan fingerprint density at radius 2 is 1.87 bits per heavy atom. The van der Waals surface area contributed by atoms with Crippen molar-refractivity contribution in [3.63, 3.8) is 0 Å². The summed E-state index contributed by atoms with van der Waals surface area (Å²) in [5, 5.41) is 3.56. The van der Waals surface area contributed by atoms with Crippen LogP contribution in [0.2, 0.25) is 0 Å². The molecule has 1 unspecified atom stereocenters. The number of aliphatic imine (C=N–C) groups is 1. The van der Waals surface area contributed by atoms with E-state index in [9.17, 15) is 4.39 Å². The SMILES string of the molecule is CN=C(NCCCN1CCN(c2ccccc2F)CC1)N1CCC(N2CC=CC2)C1. The molecule has 0 aliphatic carbocycles. The molecule has 1 N–H and O–H groups in total. The van der Waals surface area contributed by atoms with Gasteiger partial charge in [0, 0.05) is 72.0 Å². The van der Waals surface area contributed by atoms with Crippen LogP contribution < -0.4 is 10.2 Å². The van der Waals surface area contributed by atoms with Crippen LogP contribution in [0.4, 0.5) is 10.1 Å². The van der Waals surface area contributed by atoms with Gasteiger partial charge in [0.1, 0.15) is 5.82 Å². The minimum atomic E-state index is -0.119. The fourth-order valence-corrected chi connectivity index (χ4v) is 4.78. The standard InChI is InChI=1S/C23H35FN6/c1-25-23(30-14-9-20(19-30)28-12-4-5-13-28)26-10-6-11-27-15-17-29(18-16-27)22-8-3-2-7-21(22)24/h2-5,7-8,20H,6,9-19H2,1H3,(H,25,26). The molecule has 3 aliphatic rings. The third-order valence-corrected chi connectivity index (χ3v) is 6.54. The van der Waals surface area contributed by atoms with Gasteiger partial charge in [0.05, 0.1) is 5.69 Å². The quantitative estimate of drug-likeness (QED) is 0.333. The Bertz CT molecular complexity index is 735. The van der Waals surface area contributed by atoms with Crippen molar-refractivity contribution in [3.8, 4) is 0 Å². The Hall–Kier alpha value is -2.12. The van der Waals surface area contributed by atoms with Crippen molar-refractivity contribution in [1.82, 2.24) is 20.0 Å². The second kappa shape index (κ2) is 10.3. The van der Waals surface area contributed by atoms with Gasteiger partial charge in [-0.05, 0) is 31.5 Å². The predicted octanol–water partition coefficient (Wildman–Crippen LogP) is 1.86. The van der Waals surface area contributed by atoms with Crippen LogP contribution in [0.25, 0.3) is 0 Å². The molecular formula is C23H35FN6. The van der Waals surface area contributed by atoms with Crippen LogP contribution in [0, 0.1) is 5.82 Å². The van der Waals surface area contributed by atoms with Crippen LogP contribution >= 0.6 is 0 Å². The lowest BCUT2D eigenvalue weighted by molar-refractivity contribution is 0.253. The number of para-hydroxylation sites is 1. The number of nitrogens with zero attached hydrogens (tertiary/aromatic N) is 5. The van der Waals surface area contributed by atoms with Crippen molar-refractivity contribution in [3.05, 3.63) is 42.2 Å². The lowest BCUT2D eigenvalue weighted by atomic mass is 10.2. The number of nitrogens with one attached hydrogen (secondary N) is 1. The lowest BCUT2D eigenvalue weighted by Gasteiger charge is -2.36. The fraction of sp³-hybridized carbons (Fsp3) is 0.609. The average molecular weight is 415 g/mol. The first kappa shape index (κ1) is 21.1. The largest absolute Gasteiger partial charge is 0.367 e. The minimum absolute atomic E-state index is 0.119. The molecule has 1 atom stereocenters. The van der Waals surface area contributed by atoms with Crippen molar-refractivity contribution in [2.24, 2.45) is 4.99 Å². The highest BCUT2D eigenvalue weighted by Gasteiger charge is 2.29. The molecule has 0 spiro atoms. The van der Waals surface area contributed by atoms with E-state index in [0.717, 1.165) is 83.5 Å². The Morgan fingerprint density at radius 3 is 2.60 bits per heavy atom. The zero-order valence-electron chi connectivity index (χ0n) is 18.1. The van der Waals surface area contributed by atoms with E-state index in [1.807, 2.05) is 19.2 Å². The molecule has 4 rings (SSSR count). The number of halogens is 1. The number of piperazine rings is 1. The van der Waals surface area contributed by atoms with Crippen molar-refractivity contribution < 1.29 is 4.39 Å². The summed E-state index contributed by atoms with van der Waals surface area (Å²) < 4.78 is 14.0. The van der Waals surface area contributed by atoms with Gasteiger partial charge < -0.3 is 15.1 Å². The maximum atomic E-state index is 14.0. The van der Waals surface area contributed by atoms with Gasteiger partial charge in [-0.2, -0.15) is 0 Å². The van der Waals surface area contributed by atoms with E-state index in [0.29, 0.717) is 6.04 Å². The molecule has 164 valence electrons. The summed E-state index contributed by atoms with van der Waals surface area (Å²) in [6, 6.07) is 7.73. The molecule has 0 amide bonds. The summed E-state index contributed by atoms with van der Waals surface area (Å²) in [6.45, 7) is 10.1. The first-order valence-corrected chi connectivity index (χ1v) is 11.3. The highest BCUT2D eigenvalue weighted by molar-refractivity contribution is 5.80. The predicted molar refractivity (Wildman–Crippen MR) is 122 cm³/mol. The lowest BCUT2D eigenvalue weighted by Crippen LogP contribution is -2.47. The average Bonchev–Trinajstić information content (AvgIpc) is 3.47. The Morgan fingerprint density at radius 1 is 1.10 bits per heavy atom. The van der Waals surface area contributed by atoms with E-state index < -0.39 is 0 Å². The van der Waals surface area contributed by atoms with Gasteiger partial charge in [0.2, 0.25) is 0 Å². The minimum Gasteiger partial charge on any atom is -0.367 e. The highest BCUT2D eigenvalue weighted by Crippen LogP contribution is 2.20. The van der Waals surface area contributed by atoms with E-state index in [4.69, 9.17) is 0 Å². The van der Waals surface area contributed by atoms with Gasteiger partial charge >= 0.3 is 0 Å². The first-order chi connectivity index (χ1) is 14.7. The van der Waals surface area contributed by atoms with Gasteiger partial charge in [-0.25, -0.2) is 4.39 Å². The second-order valence-electron chi connectivity index (χ2n) is 8.42. The Kier molecular flexibility index (Phi) is 7.23. The molecule has 0 saturated carbocycles. The van der Waals surface area contributed by atoms with Crippen molar-refractivity contribution in [1.29, 1.82) is 0 Å². The molecule has 3 heterocycles. The summed E-state index contributed by atoms with van der Waals surface area (Å²) in [7, 11) is 1.88. The molecule has 30 heavy (non-hydrogen) atoms. The summed E-state index contributed by atoms with van der Waals surface area (Å²) in [5.74, 6) is 0.917. The number of rotatable bonds is 6. The normalized spacial score (nSPS) is 23.5. The zero-order chi connectivity index (χ0) is 20.8. The van der Waals surface area contributed by atoms with Gasteiger partial charge in [-0.15, -0.1) is 0 Å². The van der Waals surface area contributed by atoms with E-state index >= 15 is 0 Å². The third-order valence-electron chi connectivity index (χ3n) is 6.54. The molecule has 0 radical (unpaired) electrons. The van der Waals surface area contributed by atoms with Crippen LogP contribution in [0.3, 0.4) is 0 Å². The molecule has 1 aromatic carbocycles. The van der Waals surface area contributed by atoms with Crippen LogP contribution in [-0.4, -0.2) is 99.2 Å². The highest BCUT2D eigenvalue weighted by atomic mass is 19.1. The number of likely N-dealkylation sites (tertiary alicyclic amines) is 1. The molecule has 2 fully saturated rings. The molecule has 0 bridgehead atoms. The third kappa shape index (κ3) is 5.13. The van der Waals surface area contributed by atoms with Gasteiger partial charge in [-0.3, -0.25) is 14.8 Å². The van der Waals surface area contributed by atoms with Crippen molar-refractivity contribution >= 4 is 11.6 Å². The fourth-order valence-electron chi connectivity index (χ4n) is 4.78. The second-order valence-corrected chi connectivity index (χ2v) is 8.42. The number of guanidine groups is 1. The van der Waals surface area contributed by atoms with E-state index in [2.05, 4.69) is 42.1 Å². The van der Waals surface area contributed by atoms with E-state index in [-0.39, 0.29) is 5.82 Å². The molecule has 6 nitrogen and oxygen atoms in total. The summed E-state index contributed by atoms with van der Waals surface area (Å²) >= 11 is 0. The van der Waals surface area contributed by atoms with E-state index in [1.54, 1.807) is 12.1 Å². The maximum absolute atomic E-state index is 14.0. The zero-order valence-corrected chi connectivity index (χ0v) is 18.1. The van der Waals surface area contributed by atoms with Crippen LogP contribution in [0.5, 0.6) is 0 Å². The number of hydrogen-bond donors (Lipinski definition) is 1. The van der Waals surface area contributed by atoms with Crippen LogP contribution in [0.1, 0.15) is 12.8 Å². The Balaban J connectivity index is 1.14. The van der Waals surface area contributed by atoms with Crippen molar-refractivity contribution in [2.75, 3.05) is 77.4 Å². The summed E-state index contributed by atoms with van der Waals surface area (Å²) in [4.78, 5) is 14.1. The van der Waals surface area contributed by atoms with E-state index in [1.165, 1.54) is 6.42 Å². The number of anilines is 1. The molecule has 1 aromatic rings. The van der Waals surface area contributed by atoms with Crippen LogP contribution in [-0.2, 0) is 0 Å². The number of hydrogen-bond acceptors (Lipinski definition) is 4. The topological polar surface area (TPSA) is 37.4 Å². The molecule has 2 saturated heterocycles. The summed E-state index contributed by atoms with van der Waals surface area (Å²) in [5.41, 5.74) is 0.733. The smallest absolute Gasteiger partial charge is 0.193 e. The van der Waals surface area contributed by atoms with Gasteiger partial charge in [-0.1, -0.05) is 24.3 Å². The summed E-state index contributed by atoms with van der Waals surface area (Å²) in [6.07, 6.45) is 6.85. The Labute approximate surface area is 180 Å². The maximum Gasteiger partial charge on any atom is 0.193 e. The molecule has 3 aliphatic heterocycles. The number of benzene rings is 1. The molecular weight excluding hydrogens is 379 g/mol. The molecule has 7 heteroatoms. The van der Waals surface area contributed by atoms with Gasteiger partial charge in [0.25, 0.3) is 0 Å².